The number of ether oxygens (including phenoxy) is 1. The fraction of sp³-hybridized carbons (Fsp3) is 0.714. The van der Waals surface area contributed by atoms with E-state index in [9.17, 15) is 0 Å². The lowest BCUT2D eigenvalue weighted by Gasteiger charge is -2.42. The van der Waals surface area contributed by atoms with E-state index >= 15 is 0 Å². The van der Waals surface area contributed by atoms with Gasteiger partial charge in [-0.1, -0.05) is 19.3 Å². The van der Waals surface area contributed by atoms with Crippen LogP contribution in [-0.4, -0.2) is 30.2 Å². The Hall–Kier alpha value is -1.52. The number of nitrogens with two attached hydrogens (primary N) is 1. The van der Waals surface area contributed by atoms with E-state index in [-0.39, 0.29) is 0 Å². The maximum Gasteiger partial charge on any atom is 0.204 e. The molecule has 1 saturated heterocycles. The summed E-state index contributed by atoms with van der Waals surface area (Å²) in [6.07, 6.45) is 8.33. The molecule has 5 nitrogen and oxygen atoms in total. The molecule has 5 heteroatoms. The average Bonchev–Trinajstić information content (AvgIpc) is 2.46. The predicted octanol–water partition coefficient (Wildman–Crippen LogP) is 2.08. The number of nitrogen functional groups attached to an aromatic ring is 1. The van der Waals surface area contributed by atoms with Gasteiger partial charge in [0.25, 0.3) is 0 Å². The second-order valence-corrected chi connectivity index (χ2v) is 5.66. The quantitative estimate of drug-likeness (QED) is 0.884. The molecule has 0 aromatic carbocycles. The molecule has 0 radical (unpaired) electrons. The highest BCUT2D eigenvalue weighted by Gasteiger charge is 2.32. The smallest absolute Gasteiger partial charge is 0.204 e. The summed E-state index contributed by atoms with van der Waals surface area (Å²) in [7, 11) is 1.63. The summed E-state index contributed by atoms with van der Waals surface area (Å²) in [5, 5.41) is 0. The Morgan fingerprint density at radius 1 is 1.21 bits per heavy atom. The maximum absolute atomic E-state index is 5.87. The first-order chi connectivity index (χ1) is 9.29. The summed E-state index contributed by atoms with van der Waals surface area (Å²) in [4.78, 5) is 10.7. The third-order valence-corrected chi connectivity index (χ3v) is 4.61. The van der Waals surface area contributed by atoms with Gasteiger partial charge in [0.05, 0.1) is 7.11 Å². The van der Waals surface area contributed by atoms with E-state index in [0.29, 0.717) is 11.6 Å². The number of hydrogen-bond donors (Lipinski definition) is 1. The summed E-state index contributed by atoms with van der Waals surface area (Å²) in [6.45, 7) is 2.13. The van der Waals surface area contributed by atoms with Crippen molar-refractivity contribution in [2.24, 2.45) is 11.8 Å². The Kier molecular flexibility index (Phi) is 3.44. The minimum atomic E-state index is 0.429. The molecule has 1 aromatic heterocycles. The van der Waals surface area contributed by atoms with E-state index in [2.05, 4.69) is 14.9 Å². The third kappa shape index (κ3) is 2.33. The largest absolute Gasteiger partial charge is 0.490 e. The van der Waals surface area contributed by atoms with E-state index in [4.69, 9.17) is 10.5 Å². The second-order valence-electron chi connectivity index (χ2n) is 5.66. The first-order valence-corrected chi connectivity index (χ1v) is 7.19. The fourth-order valence-electron chi connectivity index (χ4n) is 3.59. The van der Waals surface area contributed by atoms with Gasteiger partial charge in [0.1, 0.15) is 6.33 Å². The van der Waals surface area contributed by atoms with Gasteiger partial charge in [-0.25, -0.2) is 9.97 Å². The monoisotopic (exact) mass is 262 g/mol. The molecule has 104 valence electrons. The van der Waals surface area contributed by atoms with Crippen LogP contribution >= 0.6 is 0 Å². The standard InChI is InChI=1S/C14H22N4O/c1-19-12-13(15)16-9-17-14(12)18-7-6-10-4-2-3-5-11(10)8-18/h9-11H,2-8H2,1H3,(H2,15,16,17). The number of nitrogens with zero attached hydrogens (tertiary/aromatic N) is 3. The van der Waals surface area contributed by atoms with Gasteiger partial charge in [0.2, 0.25) is 5.75 Å². The molecule has 2 fully saturated rings. The highest BCUT2D eigenvalue weighted by molar-refractivity contribution is 5.62. The molecule has 2 unspecified atom stereocenters. The molecule has 3 rings (SSSR count). The molecule has 0 bridgehead atoms. The van der Waals surface area contributed by atoms with Crippen molar-refractivity contribution in [3.63, 3.8) is 0 Å². The molecule has 1 aromatic rings. The number of methoxy groups -OCH3 is 1. The Labute approximate surface area is 114 Å². The van der Waals surface area contributed by atoms with Crippen LogP contribution in [-0.2, 0) is 0 Å². The zero-order valence-corrected chi connectivity index (χ0v) is 11.5. The average molecular weight is 262 g/mol. The van der Waals surface area contributed by atoms with Crippen LogP contribution in [0.5, 0.6) is 5.75 Å². The molecular formula is C14H22N4O. The topological polar surface area (TPSA) is 64.3 Å². The van der Waals surface area contributed by atoms with Crippen molar-refractivity contribution >= 4 is 11.6 Å². The molecule has 1 aliphatic carbocycles. The lowest BCUT2D eigenvalue weighted by Crippen LogP contribution is -2.42. The minimum absolute atomic E-state index is 0.429. The molecule has 2 atom stereocenters. The minimum Gasteiger partial charge on any atom is -0.490 e. The van der Waals surface area contributed by atoms with Crippen molar-refractivity contribution in [2.45, 2.75) is 32.1 Å². The summed E-state index contributed by atoms with van der Waals surface area (Å²) in [6, 6.07) is 0. The first-order valence-electron chi connectivity index (χ1n) is 7.19. The zero-order valence-electron chi connectivity index (χ0n) is 11.5. The van der Waals surface area contributed by atoms with Crippen LogP contribution in [0.4, 0.5) is 11.6 Å². The molecular weight excluding hydrogens is 240 g/mol. The van der Waals surface area contributed by atoms with E-state index in [1.807, 2.05) is 0 Å². The van der Waals surface area contributed by atoms with Crippen molar-refractivity contribution in [2.75, 3.05) is 30.8 Å². The number of rotatable bonds is 2. The van der Waals surface area contributed by atoms with Crippen molar-refractivity contribution in [1.82, 2.24) is 9.97 Å². The van der Waals surface area contributed by atoms with E-state index in [0.717, 1.165) is 30.7 Å². The van der Waals surface area contributed by atoms with Gasteiger partial charge in [0, 0.05) is 13.1 Å². The molecule has 19 heavy (non-hydrogen) atoms. The van der Waals surface area contributed by atoms with Crippen LogP contribution in [0.1, 0.15) is 32.1 Å². The van der Waals surface area contributed by atoms with Crippen molar-refractivity contribution < 1.29 is 4.74 Å². The number of anilines is 2. The first kappa shape index (κ1) is 12.5. The van der Waals surface area contributed by atoms with E-state index in [1.54, 1.807) is 7.11 Å². The van der Waals surface area contributed by atoms with Gasteiger partial charge in [-0.3, -0.25) is 0 Å². The Morgan fingerprint density at radius 3 is 2.79 bits per heavy atom. The predicted molar refractivity (Wildman–Crippen MR) is 75.3 cm³/mol. The molecule has 1 aliphatic heterocycles. The molecule has 2 aliphatic rings. The van der Waals surface area contributed by atoms with Crippen LogP contribution in [0, 0.1) is 11.8 Å². The number of aromatic nitrogens is 2. The third-order valence-electron chi connectivity index (χ3n) is 4.61. The van der Waals surface area contributed by atoms with Gasteiger partial charge < -0.3 is 15.4 Å². The number of piperidine rings is 1. The lowest BCUT2D eigenvalue weighted by atomic mass is 9.75. The maximum atomic E-state index is 5.87. The van der Waals surface area contributed by atoms with E-state index < -0.39 is 0 Å². The fourth-order valence-corrected chi connectivity index (χ4v) is 3.59. The highest BCUT2D eigenvalue weighted by Crippen LogP contribution is 2.39. The summed E-state index contributed by atoms with van der Waals surface area (Å²) >= 11 is 0. The molecule has 0 spiro atoms. The normalized spacial score (nSPS) is 26.9. The van der Waals surface area contributed by atoms with Crippen molar-refractivity contribution in [3.8, 4) is 5.75 Å². The van der Waals surface area contributed by atoms with Gasteiger partial charge >= 0.3 is 0 Å². The lowest BCUT2D eigenvalue weighted by molar-refractivity contribution is 0.201. The summed E-state index contributed by atoms with van der Waals surface area (Å²) in [5.74, 6) is 3.63. The number of fused-ring (bicyclic) bond motifs is 1. The van der Waals surface area contributed by atoms with Crippen LogP contribution < -0.4 is 15.4 Å². The van der Waals surface area contributed by atoms with Crippen LogP contribution in [0.3, 0.4) is 0 Å². The SMILES string of the molecule is COc1c(N)ncnc1N1CCC2CCCCC2C1. The zero-order chi connectivity index (χ0) is 13.2. The Balaban J connectivity index is 1.81. The van der Waals surface area contributed by atoms with Gasteiger partial charge in [0.15, 0.2) is 11.6 Å². The van der Waals surface area contributed by atoms with Crippen LogP contribution in [0.15, 0.2) is 6.33 Å². The van der Waals surface area contributed by atoms with Gasteiger partial charge in [-0.15, -0.1) is 0 Å². The van der Waals surface area contributed by atoms with Crippen molar-refractivity contribution in [1.29, 1.82) is 0 Å². The van der Waals surface area contributed by atoms with Crippen LogP contribution in [0.2, 0.25) is 0 Å². The van der Waals surface area contributed by atoms with Gasteiger partial charge in [-0.05, 0) is 24.7 Å². The molecule has 0 amide bonds. The summed E-state index contributed by atoms with van der Waals surface area (Å²) in [5.41, 5.74) is 5.87. The van der Waals surface area contributed by atoms with Crippen LogP contribution in [0.25, 0.3) is 0 Å². The summed E-state index contributed by atoms with van der Waals surface area (Å²) < 4.78 is 5.37. The molecule has 2 N–H and O–H groups in total. The Morgan fingerprint density at radius 2 is 2.00 bits per heavy atom. The van der Waals surface area contributed by atoms with Crippen molar-refractivity contribution in [3.05, 3.63) is 6.33 Å². The van der Waals surface area contributed by atoms with E-state index in [1.165, 1.54) is 38.4 Å². The highest BCUT2D eigenvalue weighted by atomic mass is 16.5. The number of hydrogen-bond acceptors (Lipinski definition) is 5. The van der Waals surface area contributed by atoms with Gasteiger partial charge in [-0.2, -0.15) is 0 Å². The second kappa shape index (κ2) is 5.23. The Bertz CT molecular complexity index is 451. The molecule has 2 heterocycles. The molecule has 1 saturated carbocycles.